The van der Waals surface area contributed by atoms with Crippen molar-refractivity contribution >= 4 is 22.5 Å². The lowest BCUT2D eigenvalue weighted by Gasteiger charge is -2.26. The summed E-state index contributed by atoms with van der Waals surface area (Å²) in [6.45, 7) is 4.75. The first-order valence-corrected chi connectivity index (χ1v) is 10.3. The van der Waals surface area contributed by atoms with Crippen LogP contribution < -0.4 is 16.2 Å². The Kier molecular flexibility index (Phi) is 5.38. The molecule has 5 nitrogen and oxygen atoms in total. The van der Waals surface area contributed by atoms with E-state index in [9.17, 15) is 9.59 Å². The van der Waals surface area contributed by atoms with Gasteiger partial charge in [0.25, 0.3) is 5.56 Å². The van der Waals surface area contributed by atoms with Gasteiger partial charge in [-0.05, 0) is 42.4 Å². The molecule has 3 aromatic rings. The van der Waals surface area contributed by atoms with Gasteiger partial charge < -0.3 is 15.2 Å². The highest BCUT2D eigenvalue weighted by molar-refractivity contribution is 6.01. The van der Waals surface area contributed by atoms with Crippen LogP contribution >= 0.6 is 0 Å². The van der Waals surface area contributed by atoms with Crippen molar-refractivity contribution in [3.63, 3.8) is 0 Å². The molecule has 150 valence electrons. The van der Waals surface area contributed by atoms with E-state index in [1.807, 2.05) is 36.4 Å². The molecule has 2 aromatic carbocycles. The summed E-state index contributed by atoms with van der Waals surface area (Å²) in [5.41, 5.74) is 3.13. The molecule has 1 atom stereocenters. The molecule has 0 fully saturated rings. The maximum atomic E-state index is 12.8. The van der Waals surface area contributed by atoms with Crippen molar-refractivity contribution in [3.8, 4) is 0 Å². The van der Waals surface area contributed by atoms with Crippen molar-refractivity contribution < 1.29 is 4.79 Å². The minimum Gasteiger partial charge on any atom is -0.331 e. The fourth-order valence-corrected chi connectivity index (χ4v) is 4.19. The molecule has 1 aliphatic rings. The lowest BCUT2D eigenvalue weighted by Crippen LogP contribution is -2.35. The van der Waals surface area contributed by atoms with Crippen molar-refractivity contribution in [3.05, 3.63) is 76.2 Å². The second-order valence-electron chi connectivity index (χ2n) is 8.18. The summed E-state index contributed by atoms with van der Waals surface area (Å²) in [5, 5.41) is 7.50. The summed E-state index contributed by atoms with van der Waals surface area (Å²) in [5.74, 6) is 0.328. The zero-order chi connectivity index (χ0) is 20.4. The number of benzene rings is 2. The van der Waals surface area contributed by atoms with Crippen LogP contribution in [-0.2, 0) is 13.0 Å². The summed E-state index contributed by atoms with van der Waals surface area (Å²) in [4.78, 5) is 25.6. The van der Waals surface area contributed by atoms with E-state index in [0.717, 1.165) is 24.6 Å². The van der Waals surface area contributed by atoms with Gasteiger partial charge in [-0.15, -0.1) is 0 Å². The van der Waals surface area contributed by atoms with Gasteiger partial charge in [0.1, 0.15) is 0 Å². The third kappa shape index (κ3) is 4.04. The highest BCUT2D eigenvalue weighted by Crippen LogP contribution is 2.29. The zero-order valence-corrected chi connectivity index (χ0v) is 16.9. The van der Waals surface area contributed by atoms with E-state index < -0.39 is 0 Å². The highest BCUT2D eigenvalue weighted by Gasteiger charge is 2.22. The Morgan fingerprint density at radius 1 is 1.10 bits per heavy atom. The second-order valence-corrected chi connectivity index (χ2v) is 8.18. The van der Waals surface area contributed by atoms with E-state index >= 15 is 0 Å². The van der Waals surface area contributed by atoms with Gasteiger partial charge in [-0.2, -0.15) is 0 Å². The van der Waals surface area contributed by atoms with Gasteiger partial charge in [0.05, 0.1) is 11.7 Å². The van der Waals surface area contributed by atoms with Crippen LogP contribution in [0.4, 0.5) is 10.5 Å². The average molecular weight is 389 g/mol. The lowest BCUT2D eigenvalue weighted by molar-refractivity contribution is 0.247. The Labute approximate surface area is 170 Å². The van der Waals surface area contributed by atoms with Crippen molar-refractivity contribution in [1.82, 2.24) is 9.88 Å². The molecule has 1 unspecified atom stereocenters. The van der Waals surface area contributed by atoms with Crippen LogP contribution in [0, 0.1) is 5.92 Å². The molecule has 0 saturated carbocycles. The molecule has 29 heavy (non-hydrogen) atoms. The number of anilines is 1. The number of aromatic nitrogens is 1. The summed E-state index contributed by atoms with van der Waals surface area (Å²) in [6, 6.07) is 15.5. The van der Waals surface area contributed by atoms with Crippen LogP contribution in [0.15, 0.2) is 59.5 Å². The van der Waals surface area contributed by atoms with Crippen molar-refractivity contribution in [2.45, 2.75) is 45.7 Å². The van der Waals surface area contributed by atoms with Crippen LogP contribution in [0.25, 0.3) is 10.8 Å². The number of carbonyl (C=O) groups is 1. The van der Waals surface area contributed by atoms with Gasteiger partial charge in [-0.25, -0.2) is 4.79 Å². The lowest BCUT2D eigenvalue weighted by atomic mass is 9.88. The molecular formula is C24H27N3O2. The summed E-state index contributed by atoms with van der Waals surface area (Å²) >= 11 is 0. The summed E-state index contributed by atoms with van der Waals surface area (Å²) in [6.07, 6.45) is 4.81. The van der Waals surface area contributed by atoms with E-state index in [0.29, 0.717) is 23.5 Å². The van der Waals surface area contributed by atoms with Gasteiger partial charge in [-0.1, -0.05) is 56.3 Å². The molecular weight excluding hydrogens is 362 g/mol. The van der Waals surface area contributed by atoms with E-state index in [-0.39, 0.29) is 17.6 Å². The molecule has 0 bridgehead atoms. The largest absolute Gasteiger partial charge is 0.331 e. The van der Waals surface area contributed by atoms with E-state index in [4.69, 9.17) is 0 Å². The van der Waals surface area contributed by atoms with E-state index in [2.05, 4.69) is 36.6 Å². The maximum absolute atomic E-state index is 12.8. The van der Waals surface area contributed by atoms with Crippen molar-refractivity contribution in [1.29, 1.82) is 0 Å². The summed E-state index contributed by atoms with van der Waals surface area (Å²) < 4.78 is 1.69. The fourth-order valence-electron chi connectivity index (χ4n) is 4.19. The topological polar surface area (TPSA) is 63.1 Å². The Balaban J connectivity index is 1.62. The van der Waals surface area contributed by atoms with Gasteiger partial charge in [0.2, 0.25) is 0 Å². The van der Waals surface area contributed by atoms with Crippen LogP contribution in [0.2, 0.25) is 0 Å². The molecule has 1 heterocycles. The Hall–Kier alpha value is -3.08. The third-order valence-corrected chi connectivity index (χ3v) is 5.48. The van der Waals surface area contributed by atoms with Gasteiger partial charge >= 0.3 is 6.03 Å². The first-order valence-electron chi connectivity index (χ1n) is 10.3. The predicted molar refractivity (Wildman–Crippen MR) is 117 cm³/mol. The van der Waals surface area contributed by atoms with Crippen molar-refractivity contribution in [2.24, 2.45) is 5.92 Å². The fraction of sp³-hybridized carbons (Fsp3) is 0.333. The maximum Gasteiger partial charge on any atom is 0.319 e. The number of hydrogen-bond donors (Lipinski definition) is 2. The van der Waals surface area contributed by atoms with Gasteiger partial charge in [-0.3, -0.25) is 4.79 Å². The first kappa shape index (κ1) is 19.2. The second kappa shape index (κ2) is 8.11. The number of carbonyl (C=O) groups excluding carboxylic acids is 1. The first-order chi connectivity index (χ1) is 14.0. The Morgan fingerprint density at radius 3 is 2.62 bits per heavy atom. The Bertz CT molecular complexity index is 1100. The summed E-state index contributed by atoms with van der Waals surface area (Å²) in [7, 11) is 0. The molecule has 0 saturated heterocycles. The van der Waals surface area contributed by atoms with Gasteiger partial charge in [0.15, 0.2) is 0 Å². The number of rotatable bonds is 4. The SMILES string of the molecule is CC(C)Cn1cc(NC(=O)NC2CCCc3ccccc32)c2ccccc2c1=O. The number of urea groups is 1. The molecule has 0 aliphatic heterocycles. The number of nitrogens with zero attached hydrogens (tertiary/aromatic N) is 1. The molecule has 0 radical (unpaired) electrons. The number of pyridine rings is 1. The van der Waals surface area contributed by atoms with E-state index in [1.165, 1.54) is 11.1 Å². The number of fused-ring (bicyclic) bond motifs is 2. The number of amides is 2. The van der Waals surface area contributed by atoms with E-state index in [1.54, 1.807) is 10.8 Å². The average Bonchev–Trinajstić information content (AvgIpc) is 2.71. The van der Waals surface area contributed by atoms with Crippen LogP contribution in [0.5, 0.6) is 0 Å². The van der Waals surface area contributed by atoms with Crippen LogP contribution in [0.3, 0.4) is 0 Å². The molecule has 2 amide bonds. The minimum atomic E-state index is -0.244. The van der Waals surface area contributed by atoms with Crippen molar-refractivity contribution in [2.75, 3.05) is 5.32 Å². The standard InChI is InChI=1S/C24H27N3O2/c1-16(2)14-27-15-22(19-11-5-6-12-20(19)23(27)28)26-24(29)25-21-13-7-9-17-8-3-4-10-18(17)21/h3-6,8,10-12,15-16,21H,7,9,13-14H2,1-2H3,(H2,25,26,29). The number of aryl methyl sites for hydroxylation is 1. The number of nitrogens with one attached hydrogen (secondary N) is 2. The molecule has 4 rings (SSSR count). The normalized spacial score (nSPS) is 15.9. The zero-order valence-electron chi connectivity index (χ0n) is 16.9. The molecule has 0 spiro atoms. The number of hydrogen-bond acceptors (Lipinski definition) is 2. The minimum absolute atomic E-state index is 0.00721. The molecule has 1 aromatic heterocycles. The third-order valence-electron chi connectivity index (χ3n) is 5.48. The van der Waals surface area contributed by atoms with Crippen LogP contribution in [-0.4, -0.2) is 10.6 Å². The Morgan fingerprint density at radius 2 is 1.83 bits per heavy atom. The quantitative estimate of drug-likeness (QED) is 0.669. The van der Waals surface area contributed by atoms with Gasteiger partial charge in [0, 0.05) is 23.5 Å². The molecule has 5 heteroatoms. The predicted octanol–water partition coefficient (Wildman–Crippen LogP) is 4.86. The highest BCUT2D eigenvalue weighted by atomic mass is 16.2. The monoisotopic (exact) mass is 389 g/mol. The molecule has 1 aliphatic carbocycles. The van der Waals surface area contributed by atoms with Crippen LogP contribution in [0.1, 0.15) is 43.9 Å². The smallest absolute Gasteiger partial charge is 0.319 e. The molecule has 2 N–H and O–H groups in total.